The van der Waals surface area contributed by atoms with Crippen molar-refractivity contribution in [2.45, 2.75) is 90.8 Å². The zero-order valence-corrected chi connectivity index (χ0v) is 25.6. The Labute approximate surface area is 241 Å². The Morgan fingerprint density at radius 3 is 2.41 bits per heavy atom. The first-order valence-electron chi connectivity index (χ1n) is 14.4. The average molecular weight is 597 g/mol. The summed E-state index contributed by atoms with van der Waals surface area (Å²) in [6.07, 6.45) is 9.82. The van der Waals surface area contributed by atoms with Gasteiger partial charge in [-0.1, -0.05) is 42.8 Å². The summed E-state index contributed by atoms with van der Waals surface area (Å²) < 4.78 is 14.3. The predicted octanol–water partition coefficient (Wildman–Crippen LogP) is 8.06. The molecule has 2 aliphatic rings. The van der Waals surface area contributed by atoms with Crippen LogP contribution in [-0.4, -0.2) is 34.8 Å². The van der Waals surface area contributed by atoms with Crippen LogP contribution in [0, 0.1) is 11.3 Å². The first kappa shape index (κ1) is 28.0. The van der Waals surface area contributed by atoms with Gasteiger partial charge in [-0.2, -0.15) is 0 Å². The number of benzene rings is 2. The molecule has 0 bridgehead atoms. The molecule has 6 nitrogen and oxygen atoms in total. The molecule has 0 atom stereocenters. The number of nitrogens with zero attached hydrogens (tertiary/aromatic N) is 3. The number of hydrogen-bond donors (Lipinski definition) is 0. The van der Waals surface area contributed by atoms with Gasteiger partial charge in [-0.15, -0.1) is 0 Å². The number of methoxy groups -OCH3 is 1. The van der Waals surface area contributed by atoms with Gasteiger partial charge in [0, 0.05) is 30.2 Å². The van der Waals surface area contributed by atoms with Gasteiger partial charge in [0.05, 0.1) is 29.8 Å². The Bertz CT molecular complexity index is 1310. The number of carbonyl (C=O) groups excluding carboxylic acids is 1. The third kappa shape index (κ3) is 6.13. The zero-order chi connectivity index (χ0) is 27.7. The highest BCUT2D eigenvalue weighted by Gasteiger charge is 2.34. The Morgan fingerprint density at radius 1 is 1.05 bits per heavy atom. The molecular formula is C32H42BrN3O3. The number of halogens is 1. The smallest absolute Gasteiger partial charge is 0.337 e. The lowest BCUT2D eigenvalue weighted by atomic mass is 9.71. The van der Waals surface area contributed by atoms with Crippen LogP contribution in [0.3, 0.4) is 0 Å². The van der Waals surface area contributed by atoms with Crippen LogP contribution >= 0.6 is 15.9 Å². The van der Waals surface area contributed by atoms with Crippen molar-refractivity contribution >= 4 is 38.9 Å². The van der Waals surface area contributed by atoms with Gasteiger partial charge in [-0.3, -0.25) is 0 Å². The van der Waals surface area contributed by atoms with Gasteiger partial charge >= 0.3 is 5.97 Å². The van der Waals surface area contributed by atoms with E-state index in [2.05, 4.69) is 71.4 Å². The number of anilines is 1. The average Bonchev–Trinajstić information content (AvgIpc) is 3.54. The third-order valence-electron chi connectivity index (χ3n) is 8.87. The number of esters is 1. The summed E-state index contributed by atoms with van der Waals surface area (Å²) in [6.45, 7) is 7.81. The third-order valence-corrected chi connectivity index (χ3v) is 9.61. The van der Waals surface area contributed by atoms with Crippen molar-refractivity contribution in [2.24, 2.45) is 18.4 Å². The molecule has 0 N–H and O–H groups in total. The number of aryl methyl sites for hydroxylation is 1. The highest BCUT2D eigenvalue weighted by atomic mass is 79.9. The normalized spacial score (nSPS) is 20.4. The zero-order valence-electron chi connectivity index (χ0n) is 24.0. The summed E-state index contributed by atoms with van der Waals surface area (Å²) in [5.41, 5.74) is 4.07. The fourth-order valence-corrected chi connectivity index (χ4v) is 6.92. The van der Waals surface area contributed by atoms with Crippen molar-refractivity contribution in [3.05, 3.63) is 52.0 Å². The molecule has 0 spiro atoms. The highest BCUT2D eigenvalue weighted by molar-refractivity contribution is 9.10. The molecule has 5 rings (SSSR count). The fourth-order valence-electron chi connectivity index (χ4n) is 6.42. The summed E-state index contributed by atoms with van der Waals surface area (Å²) in [5.74, 6) is 2.30. The van der Waals surface area contributed by atoms with Crippen molar-refractivity contribution in [3.8, 4) is 5.75 Å². The van der Waals surface area contributed by atoms with E-state index in [9.17, 15) is 4.79 Å². The maximum absolute atomic E-state index is 12.1. The van der Waals surface area contributed by atoms with Gasteiger partial charge in [0.1, 0.15) is 5.75 Å². The van der Waals surface area contributed by atoms with Gasteiger partial charge in [0.15, 0.2) is 0 Å². The molecule has 0 aliphatic heterocycles. The summed E-state index contributed by atoms with van der Waals surface area (Å²) >= 11 is 3.73. The second-order valence-electron chi connectivity index (χ2n) is 12.4. The van der Waals surface area contributed by atoms with E-state index in [-0.39, 0.29) is 5.97 Å². The summed E-state index contributed by atoms with van der Waals surface area (Å²) in [6, 6.07) is 12.5. The van der Waals surface area contributed by atoms with Crippen LogP contribution in [0.2, 0.25) is 0 Å². The first-order valence-corrected chi connectivity index (χ1v) is 15.2. The lowest BCUT2D eigenvalue weighted by Crippen LogP contribution is -2.41. The van der Waals surface area contributed by atoms with Crippen LogP contribution in [0.25, 0.3) is 11.0 Å². The molecule has 210 valence electrons. The maximum atomic E-state index is 12.1. The van der Waals surface area contributed by atoms with Gasteiger partial charge in [-0.25, -0.2) is 9.78 Å². The Morgan fingerprint density at radius 2 is 1.77 bits per heavy atom. The van der Waals surface area contributed by atoms with Crippen molar-refractivity contribution in [2.75, 3.05) is 12.0 Å². The molecule has 1 heterocycles. The van der Waals surface area contributed by atoms with Gasteiger partial charge in [0.25, 0.3) is 0 Å². The second-order valence-corrected chi connectivity index (χ2v) is 13.3. The lowest BCUT2D eigenvalue weighted by Gasteiger charge is -2.41. The lowest BCUT2D eigenvalue weighted by molar-refractivity contribution is 0.0600. The highest BCUT2D eigenvalue weighted by Crippen LogP contribution is 2.41. The standard InChI is InChI=1S/C32H42BrN3O3/c1-32(2,3)23-12-14-24(15-13-23)36(20-22-11-10-21(18-27(22)33)30(37)38-5)31-34-28-19-26(16-17-29(28)35(31)4)39-25-8-6-7-9-25/h10-11,16-19,23-25H,6-9,12-15,20H2,1-5H3. The summed E-state index contributed by atoms with van der Waals surface area (Å²) in [4.78, 5) is 19.8. The molecule has 2 aromatic carbocycles. The van der Waals surface area contributed by atoms with E-state index >= 15 is 0 Å². The molecule has 0 saturated heterocycles. The molecule has 1 aromatic heterocycles. The Balaban J connectivity index is 1.47. The largest absolute Gasteiger partial charge is 0.490 e. The number of ether oxygens (including phenoxy) is 2. The Kier molecular flexibility index (Phi) is 8.27. The van der Waals surface area contributed by atoms with Gasteiger partial charge in [0.2, 0.25) is 5.95 Å². The second kappa shape index (κ2) is 11.5. The monoisotopic (exact) mass is 595 g/mol. The number of imidazole rings is 1. The number of carbonyl (C=O) groups is 1. The van der Waals surface area contributed by atoms with E-state index < -0.39 is 0 Å². The van der Waals surface area contributed by atoms with Crippen LogP contribution in [0.4, 0.5) is 5.95 Å². The van der Waals surface area contributed by atoms with E-state index in [1.54, 1.807) is 0 Å². The van der Waals surface area contributed by atoms with Crippen molar-refractivity contribution < 1.29 is 14.3 Å². The van der Waals surface area contributed by atoms with Crippen LogP contribution < -0.4 is 9.64 Å². The van der Waals surface area contributed by atoms with E-state index in [4.69, 9.17) is 14.5 Å². The molecule has 39 heavy (non-hydrogen) atoms. The van der Waals surface area contributed by atoms with Crippen LogP contribution in [0.5, 0.6) is 5.75 Å². The topological polar surface area (TPSA) is 56.6 Å². The summed E-state index contributed by atoms with van der Waals surface area (Å²) in [5, 5.41) is 0. The molecule has 2 saturated carbocycles. The quantitative estimate of drug-likeness (QED) is 0.258. The molecular weight excluding hydrogens is 554 g/mol. The van der Waals surface area contributed by atoms with Crippen molar-refractivity contribution in [1.82, 2.24) is 9.55 Å². The molecule has 0 amide bonds. The van der Waals surface area contributed by atoms with E-state index in [1.807, 2.05) is 18.2 Å². The number of aromatic nitrogens is 2. The maximum Gasteiger partial charge on any atom is 0.337 e. The number of hydrogen-bond acceptors (Lipinski definition) is 5. The van der Waals surface area contributed by atoms with Gasteiger partial charge in [-0.05, 0) is 92.5 Å². The number of fused-ring (bicyclic) bond motifs is 1. The predicted molar refractivity (Wildman–Crippen MR) is 160 cm³/mol. The Hall–Kier alpha value is -2.54. The molecule has 7 heteroatoms. The van der Waals surface area contributed by atoms with E-state index in [1.165, 1.54) is 32.8 Å². The van der Waals surface area contributed by atoms with Gasteiger partial charge < -0.3 is 18.9 Å². The van der Waals surface area contributed by atoms with Crippen molar-refractivity contribution in [3.63, 3.8) is 0 Å². The van der Waals surface area contributed by atoms with Crippen LogP contribution in [0.1, 0.15) is 88.1 Å². The van der Waals surface area contributed by atoms with Crippen LogP contribution in [-0.2, 0) is 18.3 Å². The minimum Gasteiger partial charge on any atom is -0.490 e. The van der Waals surface area contributed by atoms with E-state index in [0.717, 1.165) is 64.4 Å². The molecule has 2 fully saturated rings. The van der Waals surface area contributed by atoms with Crippen molar-refractivity contribution in [1.29, 1.82) is 0 Å². The number of rotatable bonds is 7. The molecule has 0 unspecified atom stereocenters. The minimum atomic E-state index is -0.328. The van der Waals surface area contributed by atoms with E-state index in [0.29, 0.717) is 29.7 Å². The summed E-state index contributed by atoms with van der Waals surface area (Å²) in [7, 11) is 3.53. The molecule has 2 aliphatic carbocycles. The SMILES string of the molecule is COC(=O)c1ccc(CN(c2nc3cc(OC4CCCC4)ccc3n2C)C2CCC(C(C)(C)C)CC2)c(Br)c1. The fraction of sp³-hybridized carbons (Fsp3) is 0.562. The molecule has 3 aromatic rings. The first-order chi connectivity index (χ1) is 18.6. The molecule has 0 radical (unpaired) electrons. The van der Waals surface area contributed by atoms with Crippen LogP contribution in [0.15, 0.2) is 40.9 Å². The minimum absolute atomic E-state index is 0.324.